The van der Waals surface area contributed by atoms with Crippen LogP contribution in [0, 0.1) is 6.92 Å². The molecule has 1 fully saturated rings. The number of hydrogen-bond donors (Lipinski definition) is 3. The minimum atomic E-state index is -0.894. The highest BCUT2D eigenvalue weighted by Crippen LogP contribution is 2.34. The van der Waals surface area contributed by atoms with E-state index in [9.17, 15) is 9.59 Å². The molecule has 7 nitrogen and oxygen atoms in total. The van der Waals surface area contributed by atoms with Crippen molar-refractivity contribution in [2.24, 2.45) is 0 Å². The maximum absolute atomic E-state index is 11.8. The first kappa shape index (κ1) is 14.2. The average Bonchev–Trinajstić information content (AvgIpc) is 2.35. The van der Waals surface area contributed by atoms with Crippen LogP contribution in [-0.4, -0.2) is 32.6 Å². The second-order valence-electron chi connectivity index (χ2n) is 5.16. The average molecular weight is 278 g/mol. The van der Waals surface area contributed by atoms with Crippen LogP contribution in [0.1, 0.15) is 37.1 Å². The van der Waals surface area contributed by atoms with Crippen LogP contribution in [0.3, 0.4) is 0 Å². The van der Waals surface area contributed by atoms with Crippen LogP contribution < -0.4 is 10.6 Å². The standard InChI is InChI=1S/C13H18N4O3/c1-9-6-15-10(7-14-9)8-16-12(20)17-13(3-2-4-13)5-11(18)19/h6-7H,2-5,8H2,1H3,(H,18,19)(H2,16,17,20). The Morgan fingerprint density at radius 2 is 2.10 bits per heavy atom. The number of aliphatic carboxylic acids is 1. The molecule has 1 aliphatic rings. The van der Waals surface area contributed by atoms with Crippen LogP contribution in [0.2, 0.25) is 0 Å². The van der Waals surface area contributed by atoms with Crippen LogP contribution in [0.4, 0.5) is 4.79 Å². The van der Waals surface area contributed by atoms with Crippen molar-refractivity contribution >= 4 is 12.0 Å². The molecule has 1 aromatic heterocycles. The monoisotopic (exact) mass is 278 g/mol. The second kappa shape index (κ2) is 5.85. The summed E-state index contributed by atoms with van der Waals surface area (Å²) < 4.78 is 0. The summed E-state index contributed by atoms with van der Waals surface area (Å²) in [5, 5.41) is 14.3. The van der Waals surface area contributed by atoms with Crippen LogP contribution >= 0.6 is 0 Å². The van der Waals surface area contributed by atoms with Gasteiger partial charge in [-0.3, -0.25) is 14.8 Å². The normalized spacial score (nSPS) is 16.1. The molecule has 0 radical (unpaired) electrons. The number of urea groups is 1. The zero-order chi connectivity index (χ0) is 14.6. The number of carbonyl (C=O) groups is 2. The van der Waals surface area contributed by atoms with E-state index >= 15 is 0 Å². The van der Waals surface area contributed by atoms with Gasteiger partial charge in [0.25, 0.3) is 0 Å². The number of amides is 2. The fourth-order valence-corrected chi connectivity index (χ4v) is 2.21. The molecule has 0 bridgehead atoms. The third-order valence-corrected chi connectivity index (χ3v) is 3.44. The maximum Gasteiger partial charge on any atom is 0.315 e. The van der Waals surface area contributed by atoms with Crippen LogP contribution in [-0.2, 0) is 11.3 Å². The summed E-state index contributed by atoms with van der Waals surface area (Å²) in [7, 11) is 0. The molecule has 0 aromatic carbocycles. The van der Waals surface area contributed by atoms with Crippen molar-refractivity contribution in [1.29, 1.82) is 0 Å². The largest absolute Gasteiger partial charge is 0.481 e. The molecular weight excluding hydrogens is 260 g/mol. The highest BCUT2D eigenvalue weighted by Gasteiger charge is 2.40. The van der Waals surface area contributed by atoms with E-state index < -0.39 is 11.5 Å². The molecule has 3 N–H and O–H groups in total. The zero-order valence-corrected chi connectivity index (χ0v) is 11.3. The molecule has 0 aliphatic heterocycles. The van der Waals surface area contributed by atoms with Gasteiger partial charge in [0, 0.05) is 6.20 Å². The number of aryl methyl sites for hydroxylation is 1. The summed E-state index contributed by atoms with van der Waals surface area (Å²) in [6.45, 7) is 2.10. The number of carboxylic acid groups (broad SMARTS) is 1. The minimum absolute atomic E-state index is 0.0369. The molecule has 0 spiro atoms. The van der Waals surface area contributed by atoms with Gasteiger partial charge in [-0.25, -0.2) is 4.79 Å². The van der Waals surface area contributed by atoms with E-state index in [-0.39, 0.29) is 19.0 Å². The van der Waals surface area contributed by atoms with E-state index in [1.165, 1.54) is 0 Å². The van der Waals surface area contributed by atoms with E-state index in [1.807, 2.05) is 6.92 Å². The number of hydrogen-bond acceptors (Lipinski definition) is 4. The minimum Gasteiger partial charge on any atom is -0.481 e. The number of aromatic nitrogens is 2. The number of carboxylic acids is 1. The Morgan fingerprint density at radius 1 is 1.35 bits per heavy atom. The molecule has 0 atom stereocenters. The van der Waals surface area contributed by atoms with Crippen molar-refractivity contribution in [2.75, 3.05) is 0 Å². The molecule has 1 saturated carbocycles. The number of carbonyl (C=O) groups excluding carboxylic acids is 1. The summed E-state index contributed by atoms with van der Waals surface area (Å²) in [5.41, 5.74) is 0.884. The summed E-state index contributed by atoms with van der Waals surface area (Å²) in [5.74, 6) is -0.894. The molecular formula is C13H18N4O3. The second-order valence-corrected chi connectivity index (χ2v) is 5.16. The summed E-state index contributed by atoms with van der Waals surface area (Å²) in [6, 6.07) is -0.367. The lowest BCUT2D eigenvalue weighted by Gasteiger charge is -2.41. The Morgan fingerprint density at radius 3 is 2.60 bits per heavy atom. The van der Waals surface area contributed by atoms with Crippen molar-refractivity contribution in [2.45, 2.75) is 44.7 Å². The molecule has 108 valence electrons. The molecule has 20 heavy (non-hydrogen) atoms. The number of rotatable bonds is 5. The van der Waals surface area contributed by atoms with Gasteiger partial charge in [-0.15, -0.1) is 0 Å². The van der Waals surface area contributed by atoms with E-state index in [2.05, 4.69) is 20.6 Å². The maximum atomic E-state index is 11.8. The van der Waals surface area contributed by atoms with Gasteiger partial charge in [0.1, 0.15) is 0 Å². The fraction of sp³-hybridized carbons (Fsp3) is 0.538. The quantitative estimate of drug-likeness (QED) is 0.744. The fourth-order valence-electron chi connectivity index (χ4n) is 2.21. The molecule has 1 aromatic rings. The summed E-state index contributed by atoms with van der Waals surface area (Å²) >= 11 is 0. The molecule has 0 saturated heterocycles. The van der Waals surface area contributed by atoms with Crippen LogP contribution in [0.25, 0.3) is 0 Å². The molecule has 1 heterocycles. The Bertz CT molecular complexity index is 497. The topological polar surface area (TPSA) is 104 Å². The van der Waals surface area contributed by atoms with Gasteiger partial charge in [-0.05, 0) is 26.2 Å². The smallest absolute Gasteiger partial charge is 0.315 e. The Kier molecular flexibility index (Phi) is 4.16. The molecule has 7 heteroatoms. The van der Waals surface area contributed by atoms with Gasteiger partial charge in [0.2, 0.25) is 0 Å². The van der Waals surface area contributed by atoms with Crippen molar-refractivity contribution in [3.05, 3.63) is 23.8 Å². The number of nitrogens with zero attached hydrogens (tertiary/aromatic N) is 2. The lowest BCUT2D eigenvalue weighted by Crippen LogP contribution is -2.57. The van der Waals surface area contributed by atoms with E-state index in [0.29, 0.717) is 18.5 Å². The lowest BCUT2D eigenvalue weighted by molar-refractivity contribution is -0.139. The van der Waals surface area contributed by atoms with Crippen LogP contribution in [0.15, 0.2) is 12.4 Å². The third kappa shape index (κ3) is 3.66. The van der Waals surface area contributed by atoms with Crippen molar-refractivity contribution in [3.8, 4) is 0 Å². The first-order valence-corrected chi connectivity index (χ1v) is 6.54. The summed E-state index contributed by atoms with van der Waals surface area (Å²) in [6.07, 6.45) is 5.55. The SMILES string of the molecule is Cc1cnc(CNC(=O)NC2(CC(=O)O)CCC2)cn1. The van der Waals surface area contributed by atoms with Gasteiger partial charge in [-0.1, -0.05) is 0 Å². The van der Waals surface area contributed by atoms with E-state index in [1.54, 1.807) is 12.4 Å². The lowest BCUT2D eigenvalue weighted by atomic mass is 9.74. The predicted octanol–water partition coefficient (Wildman–Crippen LogP) is 0.982. The van der Waals surface area contributed by atoms with Gasteiger partial charge >= 0.3 is 12.0 Å². The highest BCUT2D eigenvalue weighted by atomic mass is 16.4. The molecule has 0 unspecified atom stereocenters. The Balaban J connectivity index is 1.83. The van der Waals surface area contributed by atoms with Gasteiger partial charge in [0.05, 0.1) is 36.1 Å². The zero-order valence-electron chi connectivity index (χ0n) is 11.3. The Labute approximate surface area is 116 Å². The van der Waals surface area contributed by atoms with E-state index in [4.69, 9.17) is 5.11 Å². The number of nitrogens with one attached hydrogen (secondary N) is 2. The van der Waals surface area contributed by atoms with Gasteiger partial charge < -0.3 is 15.7 Å². The molecule has 2 amide bonds. The molecule has 2 rings (SSSR count). The van der Waals surface area contributed by atoms with Gasteiger partial charge in [0.15, 0.2) is 0 Å². The van der Waals surface area contributed by atoms with Crippen molar-refractivity contribution < 1.29 is 14.7 Å². The third-order valence-electron chi connectivity index (χ3n) is 3.44. The summed E-state index contributed by atoms with van der Waals surface area (Å²) in [4.78, 5) is 30.8. The van der Waals surface area contributed by atoms with Crippen molar-refractivity contribution in [3.63, 3.8) is 0 Å². The first-order chi connectivity index (χ1) is 9.49. The first-order valence-electron chi connectivity index (χ1n) is 6.54. The van der Waals surface area contributed by atoms with E-state index in [0.717, 1.165) is 12.1 Å². The van der Waals surface area contributed by atoms with Gasteiger partial charge in [-0.2, -0.15) is 0 Å². The molecule has 1 aliphatic carbocycles. The van der Waals surface area contributed by atoms with Crippen molar-refractivity contribution in [1.82, 2.24) is 20.6 Å². The predicted molar refractivity (Wildman–Crippen MR) is 71.0 cm³/mol. The Hall–Kier alpha value is -2.18. The van der Waals surface area contributed by atoms with Crippen LogP contribution in [0.5, 0.6) is 0 Å². The highest BCUT2D eigenvalue weighted by molar-refractivity contribution is 5.77.